The molecule has 0 bridgehead atoms. The fourth-order valence-corrected chi connectivity index (χ4v) is 3.87. The molecule has 3 rings (SSSR count). The SMILES string of the molecule is CC(C)(C)OC(=O)N1CCC(C(=O)Nc2ccc(C(=O)N3CCCCC3)cc2)CC1. The fraction of sp³-hybridized carbons (Fsp3) is 0.609. The molecule has 3 amide bonds. The fourth-order valence-electron chi connectivity index (χ4n) is 3.87. The van der Waals surface area contributed by atoms with Gasteiger partial charge in [-0.05, 0) is 77.1 Å². The average molecular weight is 416 g/mol. The molecule has 164 valence electrons. The van der Waals surface area contributed by atoms with Gasteiger partial charge in [0.2, 0.25) is 5.91 Å². The van der Waals surface area contributed by atoms with Crippen molar-refractivity contribution >= 4 is 23.6 Å². The predicted molar refractivity (Wildman–Crippen MR) is 115 cm³/mol. The Labute approximate surface area is 178 Å². The van der Waals surface area contributed by atoms with Crippen molar-refractivity contribution in [3.63, 3.8) is 0 Å². The maximum absolute atomic E-state index is 12.6. The number of hydrogen-bond acceptors (Lipinski definition) is 4. The van der Waals surface area contributed by atoms with Gasteiger partial charge in [0.1, 0.15) is 5.60 Å². The molecule has 0 saturated carbocycles. The number of benzene rings is 1. The number of likely N-dealkylation sites (tertiary alicyclic amines) is 2. The van der Waals surface area contributed by atoms with Crippen LogP contribution in [0.25, 0.3) is 0 Å². The number of carbonyl (C=O) groups is 3. The normalized spacial score (nSPS) is 18.1. The van der Waals surface area contributed by atoms with Gasteiger partial charge in [-0.1, -0.05) is 0 Å². The average Bonchev–Trinajstić information content (AvgIpc) is 2.73. The summed E-state index contributed by atoms with van der Waals surface area (Å²) in [5, 5.41) is 2.94. The number of nitrogens with one attached hydrogen (secondary N) is 1. The highest BCUT2D eigenvalue weighted by molar-refractivity contribution is 5.96. The van der Waals surface area contributed by atoms with Gasteiger partial charge in [0.25, 0.3) is 5.91 Å². The highest BCUT2D eigenvalue weighted by Crippen LogP contribution is 2.22. The number of nitrogens with zero attached hydrogens (tertiary/aromatic N) is 2. The van der Waals surface area contributed by atoms with Gasteiger partial charge in [0.05, 0.1) is 0 Å². The summed E-state index contributed by atoms with van der Waals surface area (Å²) in [4.78, 5) is 40.9. The third-order valence-electron chi connectivity index (χ3n) is 5.56. The van der Waals surface area contributed by atoms with Crippen LogP contribution in [0.4, 0.5) is 10.5 Å². The molecule has 0 atom stereocenters. The summed E-state index contributed by atoms with van der Waals surface area (Å²) in [7, 11) is 0. The van der Waals surface area contributed by atoms with Crippen molar-refractivity contribution in [1.29, 1.82) is 0 Å². The van der Waals surface area contributed by atoms with Gasteiger partial charge in [-0.3, -0.25) is 9.59 Å². The zero-order valence-corrected chi connectivity index (χ0v) is 18.3. The van der Waals surface area contributed by atoms with Crippen molar-refractivity contribution in [2.45, 2.75) is 58.5 Å². The molecule has 2 heterocycles. The van der Waals surface area contributed by atoms with Crippen LogP contribution in [-0.4, -0.2) is 59.5 Å². The van der Waals surface area contributed by atoms with Crippen LogP contribution < -0.4 is 5.32 Å². The predicted octanol–water partition coefficient (Wildman–Crippen LogP) is 3.90. The molecule has 1 N–H and O–H groups in total. The van der Waals surface area contributed by atoms with Gasteiger partial charge in [-0.25, -0.2) is 4.79 Å². The largest absolute Gasteiger partial charge is 0.444 e. The second-order valence-electron chi connectivity index (χ2n) is 9.16. The van der Waals surface area contributed by atoms with E-state index in [1.807, 2.05) is 25.7 Å². The van der Waals surface area contributed by atoms with Crippen LogP contribution in [-0.2, 0) is 9.53 Å². The Kier molecular flexibility index (Phi) is 7.00. The van der Waals surface area contributed by atoms with Crippen LogP contribution in [0.2, 0.25) is 0 Å². The summed E-state index contributed by atoms with van der Waals surface area (Å²) < 4.78 is 5.40. The van der Waals surface area contributed by atoms with Crippen molar-refractivity contribution in [3.8, 4) is 0 Å². The number of hydrogen-bond donors (Lipinski definition) is 1. The lowest BCUT2D eigenvalue weighted by molar-refractivity contribution is -0.121. The second-order valence-corrected chi connectivity index (χ2v) is 9.16. The molecule has 7 heteroatoms. The molecular formula is C23H33N3O4. The standard InChI is InChI=1S/C23H33N3O4/c1-23(2,3)30-22(29)26-15-11-17(12-16-26)20(27)24-19-9-7-18(8-10-19)21(28)25-13-5-4-6-14-25/h7-10,17H,4-6,11-16H2,1-3H3,(H,24,27). The first kappa shape index (κ1) is 22.1. The Morgan fingerprint density at radius 2 is 1.50 bits per heavy atom. The van der Waals surface area contributed by atoms with Crippen molar-refractivity contribution < 1.29 is 19.1 Å². The molecule has 2 aliphatic heterocycles. The van der Waals surface area contributed by atoms with Crippen molar-refractivity contribution in [2.75, 3.05) is 31.5 Å². The number of piperidine rings is 2. The van der Waals surface area contributed by atoms with E-state index >= 15 is 0 Å². The molecular weight excluding hydrogens is 382 g/mol. The maximum Gasteiger partial charge on any atom is 0.410 e. The lowest BCUT2D eigenvalue weighted by Crippen LogP contribution is -2.43. The molecule has 1 aromatic carbocycles. The lowest BCUT2D eigenvalue weighted by Gasteiger charge is -2.32. The minimum absolute atomic E-state index is 0.0473. The van der Waals surface area contributed by atoms with Crippen molar-refractivity contribution in [3.05, 3.63) is 29.8 Å². The Balaban J connectivity index is 1.48. The molecule has 7 nitrogen and oxygen atoms in total. The van der Waals surface area contributed by atoms with Gasteiger partial charge in [0.15, 0.2) is 0 Å². The summed E-state index contributed by atoms with van der Waals surface area (Å²) in [6.07, 6.45) is 4.20. The van der Waals surface area contributed by atoms with E-state index in [9.17, 15) is 14.4 Å². The van der Waals surface area contributed by atoms with Gasteiger partial charge < -0.3 is 19.9 Å². The Morgan fingerprint density at radius 3 is 2.07 bits per heavy atom. The summed E-state index contributed by atoms with van der Waals surface area (Å²) in [5.41, 5.74) is 0.817. The van der Waals surface area contributed by atoms with Gasteiger partial charge in [-0.2, -0.15) is 0 Å². The Hall–Kier alpha value is -2.57. The van der Waals surface area contributed by atoms with E-state index in [0.717, 1.165) is 25.9 Å². The van der Waals surface area contributed by atoms with Crippen LogP contribution in [0.5, 0.6) is 0 Å². The first-order chi connectivity index (χ1) is 14.2. The minimum atomic E-state index is -0.521. The molecule has 0 aliphatic carbocycles. The van der Waals surface area contributed by atoms with Crippen LogP contribution in [0.3, 0.4) is 0 Å². The van der Waals surface area contributed by atoms with E-state index in [0.29, 0.717) is 37.2 Å². The Bertz CT molecular complexity index is 756. The smallest absolute Gasteiger partial charge is 0.410 e. The van der Waals surface area contributed by atoms with Gasteiger partial charge in [-0.15, -0.1) is 0 Å². The molecule has 1 aromatic rings. The highest BCUT2D eigenvalue weighted by atomic mass is 16.6. The van der Waals surface area contributed by atoms with E-state index < -0.39 is 5.60 Å². The lowest BCUT2D eigenvalue weighted by atomic mass is 9.96. The van der Waals surface area contributed by atoms with Crippen molar-refractivity contribution in [2.24, 2.45) is 5.92 Å². The van der Waals surface area contributed by atoms with Crippen LogP contribution in [0.1, 0.15) is 63.2 Å². The highest BCUT2D eigenvalue weighted by Gasteiger charge is 2.30. The van der Waals surface area contributed by atoms with Crippen LogP contribution in [0.15, 0.2) is 24.3 Å². The zero-order valence-electron chi connectivity index (χ0n) is 18.3. The number of amides is 3. The molecule has 0 aromatic heterocycles. The summed E-state index contributed by atoms with van der Waals surface area (Å²) in [5.74, 6) is -0.130. The second kappa shape index (κ2) is 9.49. The first-order valence-corrected chi connectivity index (χ1v) is 10.9. The molecule has 0 spiro atoms. The van der Waals surface area contributed by atoms with Gasteiger partial charge in [0, 0.05) is 43.3 Å². The van der Waals surface area contributed by atoms with Crippen LogP contribution in [0, 0.1) is 5.92 Å². The van der Waals surface area contributed by atoms with E-state index in [1.54, 1.807) is 29.2 Å². The summed E-state index contributed by atoms with van der Waals surface area (Å²) >= 11 is 0. The van der Waals surface area contributed by atoms with Crippen LogP contribution >= 0.6 is 0 Å². The number of anilines is 1. The maximum atomic E-state index is 12.6. The van der Waals surface area contributed by atoms with E-state index in [1.165, 1.54) is 6.42 Å². The molecule has 2 saturated heterocycles. The van der Waals surface area contributed by atoms with Crippen molar-refractivity contribution in [1.82, 2.24) is 9.80 Å². The molecule has 2 fully saturated rings. The number of rotatable bonds is 3. The molecule has 2 aliphatic rings. The quantitative estimate of drug-likeness (QED) is 0.812. The molecule has 0 radical (unpaired) electrons. The molecule has 0 unspecified atom stereocenters. The summed E-state index contributed by atoms with van der Waals surface area (Å²) in [6.45, 7) is 8.19. The number of ether oxygens (including phenoxy) is 1. The minimum Gasteiger partial charge on any atom is -0.444 e. The topological polar surface area (TPSA) is 79.0 Å². The summed E-state index contributed by atoms with van der Waals surface area (Å²) in [6, 6.07) is 7.12. The molecule has 30 heavy (non-hydrogen) atoms. The zero-order chi connectivity index (χ0) is 21.7. The first-order valence-electron chi connectivity index (χ1n) is 10.9. The van der Waals surface area contributed by atoms with Gasteiger partial charge >= 0.3 is 6.09 Å². The van der Waals surface area contributed by atoms with E-state index in [2.05, 4.69) is 5.32 Å². The third-order valence-corrected chi connectivity index (χ3v) is 5.56. The van der Waals surface area contributed by atoms with E-state index in [4.69, 9.17) is 4.74 Å². The third kappa shape index (κ3) is 5.97. The van der Waals surface area contributed by atoms with E-state index in [-0.39, 0.29) is 23.8 Å². The monoisotopic (exact) mass is 415 g/mol. The Morgan fingerprint density at radius 1 is 0.900 bits per heavy atom. The number of carbonyl (C=O) groups excluding carboxylic acids is 3.